The first-order valence-corrected chi connectivity index (χ1v) is 10.1. The summed E-state index contributed by atoms with van der Waals surface area (Å²) in [5, 5.41) is 0. The number of benzene rings is 1. The Balaban J connectivity index is 1.33. The van der Waals surface area contributed by atoms with Crippen LogP contribution >= 0.6 is 0 Å². The van der Waals surface area contributed by atoms with E-state index in [1.807, 2.05) is 24.1 Å². The minimum Gasteiger partial charge on any atom is -0.311 e. The standard InChI is InChI=1S/C22H26N4O/c1-16-23-13-18-7-10-22(21(18)24-16)9-4-11-25(15-22)14-20(27)26-12-8-17-5-2-3-6-19(17)26/h2-3,5-6,13H,4,7-12,14-15H2,1H3. The molecule has 1 spiro atoms. The van der Waals surface area contributed by atoms with Crippen molar-refractivity contribution >= 4 is 11.6 Å². The third-order valence-corrected chi connectivity index (χ3v) is 6.56. The van der Waals surface area contributed by atoms with Gasteiger partial charge in [0.05, 0.1) is 12.2 Å². The lowest BCUT2D eigenvalue weighted by Crippen LogP contribution is -2.49. The number of rotatable bonds is 2. The van der Waals surface area contributed by atoms with E-state index in [0.717, 1.165) is 56.8 Å². The second-order valence-corrected chi connectivity index (χ2v) is 8.31. The van der Waals surface area contributed by atoms with Crippen LogP contribution in [0.5, 0.6) is 0 Å². The molecule has 3 aliphatic rings. The Morgan fingerprint density at radius 2 is 2.04 bits per heavy atom. The van der Waals surface area contributed by atoms with Gasteiger partial charge >= 0.3 is 0 Å². The largest absolute Gasteiger partial charge is 0.311 e. The molecule has 2 aliphatic heterocycles. The molecule has 0 N–H and O–H groups in total. The van der Waals surface area contributed by atoms with Gasteiger partial charge in [0.1, 0.15) is 5.82 Å². The van der Waals surface area contributed by atoms with Gasteiger partial charge in [-0.3, -0.25) is 9.69 Å². The Labute approximate surface area is 160 Å². The van der Waals surface area contributed by atoms with Crippen molar-refractivity contribution in [2.45, 2.75) is 44.4 Å². The molecule has 1 aromatic heterocycles. The molecule has 1 unspecified atom stereocenters. The molecule has 0 bridgehead atoms. The maximum Gasteiger partial charge on any atom is 0.241 e. The van der Waals surface area contributed by atoms with E-state index in [0.29, 0.717) is 6.54 Å². The van der Waals surface area contributed by atoms with Crippen molar-refractivity contribution in [3.8, 4) is 0 Å². The minimum absolute atomic E-state index is 0.116. The topological polar surface area (TPSA) is 49.3 Å². The second-order valence-electron chi connectivity index (χ2n) is 8.31. The molecule has 1 aliphatic carbocycles. The molecular weight excluding hydrogens is 336 g/mol. The molecule has 27 heavy (non-hydrogen) atoms. The number of anilines is 1. The number of hydrogen-bond acceptors (Lipinski definition) is 4. The molecule has 1 saturated heterocycles. The number of nitrogens with zero attached hydrogens (tertiary/aromatic N) is 4. The molecule has 0 saturated carbocycles. The van der Waals surface area contributed by atoms with Crippen LogP contribution in [-0.2, 0) is 23.1 Å². The number of likely N-dealkylation sites (tertiary alicyclic amines) is 1. The monoisotopic (exact) mass is 362 g/mol. The first kappa shape index (κ1) is 16.9. The van der Waals surface area contributed by atoms with E-state index >= 15 is 0 Å². The van der Waals surface area contributed by atoms with Gasteiger partial charge in [-0.15, -0.1) is 0 Å². The van der Waals surface area contributed by atoms with Crippen LogP contribution in [0.15, 0.2) is 30.5 Å². The Kier molecular flexibility index (Phi) is 4.01. The van der Waals surface area contributed by atoms with Crippen molar-refractivity contribution in [3.05, 3.63) is 53.1 Å². The lowest BCUT2D eigenvalue weighted by Gasteiger charge is -2.40. The Morgan fingerprint density at radius 3 is 2.96 bits per heavy atom. The SMILES string of the molecule is Cc1ncc2c(n1)C1(CCCN(CC(=O)N3CCc4ccccc43)C1)CC2. The highest BCUT2D eigenvalue weighted by atomic mass is 16.2. The van der Waals surface area contributed by atoms with Gasteiger partial charge in [0.15, 0.2) is 0 Å². The first-order valence-electron chi connectivity index (χ1n) is 10.1. The van der Waals surface area contributed by atoms with Crippen molar-refractivity contribution in [1.82, 2.24) is 14.9 Å². The summed E-state index contributed by atoms with van der Waals surface area (Å²) in [6.45, 7) is 5.24. The highest BCUT2D eigenvalue weighted by Gasteiger charge is 2.44. The molecule has 5 nitrogen and oxygen atoms in total. The third kappa shape index (κ3) is 2.85. The van der Waals surface area contributed by atoms with Crippen LogP contribution in [-0.4, -0.2) is 47.0 Å². The molecule has 3 heterocycles. The quantitative estimate of drug-likeness (QED) is 0.824. The van der Waals surface area contributed by atoms with Crippen molar-refractivity contribution in [2.24, 2.45) is 0 Å². The lowest BCUT2D eigenvalue weighted by atomic mass is 9.77. The van der Waals surface area contributed by atoms with E-state index in [4.69, 9.17) is 4.98 Å². The van der Waals surface area contributed by atoms with Gasteiger partial charge in [0.2, 0.25) is 5.91 Å². The summed E-state index contributed by atoms with van der Waals surface area (Å²) >= 11 is 0. The van der Waals surface area contributed by atoms with Crippen molar-refractivity contribution in [3.63, 3.8) is 0 Å². The van der Waals surface area contributed by atoms with Crippen LogP contribution < -0.4 is 4.90 Å². The zero-order valence-corrected chi connectivity index (χ0v) is 15.9. The zero-order valence-electron chi connectivity index (χ0n) is 15.9. The number of aromatic nitrogens is 2. The number of fused-ring (bicyclic) bond motifs is 3. The van der Waals surface area contributed by atoms with Gasteiger partial charge in [-0.1, -0.05) is 18.2 Å². The van der Waals surface area contributed by atoms with E-state index in [1.54, 1.807) is 0 Å². The number of piperidine rings is 1. The van der Waals surface area contributed by atoms with Crippen LogP contribution in [0, 0.1) is 6.92 Å². The van der Waals surface area contributed by atoms with Crippen LogP contribution in [0.1, 0.15) is 41.9 Å². The fourth-order valence-corrected chi connectivity index (χ4v) is 5.26. The fraction of sp³-hybridized carbons (Fsp3) is 0.500. The number of amides is 1. The first-order chi connectivity index (χ1) is 13.1. The van der Waals surface area contributed by atoms with Crippen LogP contribution in [0.25, 0.3) is 0 Å². The number of aryl methyl sites for hydroxylation is 2. The van der Waals surface area contributed by atoms with Crippen LogP contribution in [0.4, 0.5) is 5.69 Å². The van der Waals surface area contributed by atoms with E-state index < -0.39 is 0 Å². The molecular formula is C22H26N4O. The zero-order chi connectivity index (χ0) is 18.4. The van der Waals surface area contributed by atoms with Crippen molar-refractivity contribution < 1.29 is 4.79 Å². The van der Waals surface area contributed by atoms with Crippen LogP contribution in [0.2, 0.25) is 0 Å². The van der Waals surface area contributed by atoms with E-state index in [-0.39, 0.29) is 11.3 Å². The Morgan fingerprint density at radius 1 is 1.15 bits per heavy atom. The number of para-hydroxylation sites is 1. The fourth-order valence-electron chi connectivity index (χ4n) is 5.26. The minimum atomic E-state index is 0.116. The molecule has 1 fully saturated rings. The molecule has 2 aromatic rings. The summed E-state index contributed by atoms with van der Waals surface area (Å²) < 4.78 is 0. The Bertz CT molecular complexity index is 892. The molecule has 0 radical (unpaired) electrons. The summed E-state index contributed by atoms with van der Waals surface area (Å²) in [4.78, 5) is 26.6. The second kappa shape index (κ2) is 6.41. The van der Waals surface area contributed by atoms with E-state index in [2.05, 4.69) is 28.1 Å². The predicted octanol–water partition coefficient (Wildman–Crippen LogP) is 2.65. The maximum absolute atomic E-state index is 13.0. The van der Waals surface area contributed by atoms with E-state index in [1.165, 1.54) is 23.2 Å². The summed E-state index contributed by atoms with van der Waals surface area (Å²) in [6, 6.07) is 8.29. The van der Waals surface area contributed by atoms with E-state index in [9.17, 15) is 4.79 Å². The number of carbonyl (C=O) groups is 1. The third-order valence-electron chi connectivity index (χ3n) is 6.56. The lowest BCUT2D eigenvalue weighted by molar-refractivity contribution is -0.120. The average Bonchev–Trinajstić information content (AvgIpc) is 3.24. The van der Waals surface area contributed by atoms with Gasteiger partial charge in [-0.25, -0.2) is 9.97 Å². The highest BCUT2D eigenvalue weighted by Crippen LogP contribution is 2.43. The molecule has 5 rings (SSSR count). The smallest absolute Gasteiger partial charge is 0.241 e. The molecule has 1 atom stereocenters. The summed E-state index contributed by atoms with van der Waals surface area (Å²) in [7, 11) is 0. The normalized spacial score (nSPS) is 24.3. The number of carbonyl (C=O) groups excluding carboxylic acids is 1. The molecule has 1 aromatic carbocycles. The van der Waals surface area contributed by atoms with Crippen LogP contribution in [0.3, 0.4) is 0 Å². The summed E-state index contributed by atoms with van der Waals surface area (Å²) in [5.74, 6) is 1.09. The predicted molar refractivity (Wildman–Crippen MR) is 105 cm³/mol. The van der Waals surface area contributed by atoms with Gasteiger partial charge in [0.25, 0.3) is 0 Å². The van der Waals surface area contributed by atoms with Gasteiger partial charge in [-0.05, 0) is 62.8 Å². The van der Waals surface area contributed by atoms with Gasteiger partial charge in [-0.2, -0.15) is 0 Å². The van der Waals surface area contributed by atoms with Crippen molar-refractivity contribution in [1.29, 1.82) is 0 Å². The molecule has 140 valence electrons. The van der Waals surface area contributed by atoms with Gasteiger partial charge in [0, 0.05) is 30.4 Å². The molecule has 5 heteroatoms. The molecule has 1 amide bonds. The summed E-state index contributed by atoms with van der Waals surface area (Å²) in [5.41, 5.74) is 5.06. The summed E-state index contributed by atoms with van der Waals surface area (Å²) in [6.07, 6.45) is 7.49. The highest BCUT2D eigenvalue weighted by molar-refractivity contribution is 5.96. The average molecular weight is 362 g/mol. The maximum atomic E-state index is 13.0. The van der Waals surface area contributed by atoms with Crippen molar-refractivity contribution in [2.75, 3.05) is 31.1 Å². The van der Waals surface area contributed by atoms with Gasteiger partial charge < -0.3 is 4.90 Å². The number of hydrogen-bond donors (Lipinski definition) is 0. The Hall–Kier alpha value is -2.27.